The summed E-state index contributed by atoms with van der Waals surface area (Å²) in [6.45, 7) is 7.92. The Balaban J connectivity index is 2.68. The van der Waals surface area contributed by atoms with Gasteiger partial charge in [0, 0.05) is 11.3 Å². The molecule has 0 bridgehead atoms. The topological polar surface area (TPSA) is 64.4 Å². The van der Waals surface area contributed by atoms with Crippen LogP contribution < -0.4 is 5.32 Å². The van der Waals surface area contributed by atoms with Crippen molar-refractivity contribution in [1.82, 2.24) is 10.3 Å². The lowest BCUT2D eigenvalue weighted by molar-refractivity contribution is -0.148. The molecule has 5 nitrogen and oxygen atoms in total. The fourth-order valence-electron chi connectivity index (χ4n) is 2.12. The van der Waals surface area contributed by atoms with Gasteiger partial charge in [-0.3, -0.25) is 10.1 Å². The molecule has 19 heavy (non-hydrogen) atoms. The molecule has 0 saturated heterocycles. The third-order valence-electron chi connectivity index (χ3n) is 2.65. The molecule has 2 atom stereocenters. The molecule has 0 aromatic carbocycles. The van der Waals surface area contributed by atoms with E-state index in [4.69, 9.17) is 9.15 Å². The number of nitrogens with one attached hydrogen (secondary N) is 1. The van der Waals surface area contributed by atoms with Crippen LogP contribution in [0, 0.1) is 0 Å². The highest BCUT2D eigenvalue weighted by molar-refractivity contribution is 7.99. The molecule has 108 valence electrons. The largest absolute Gasteiger partial charge is 0.468 e. The molecule has 6 heteroatoms. The van der Waals surface area contributed by atoms with E-state index in [1.165, 1.54) is 18.9 Å². The lowest BCUT2D eigenvalue weighted by Crippen LogP contribution is -2.54. The lowest BCUT2D eigenvalue weighted by Gasteiger charge is -2.32. The van der Waals surface area contributed by atoms with E-state index < -0.39 is 5.54 Å². The Morgan fingerprint density at radius 3 is 2.74 bits per heavy atom. The maximum atomic E-state index is 12.0. The van der Waals surface area contributed by atoms with E-state index in [1.807, 2.05) is 27.7 Å². The average molecular weight is 286 g/mol. The summed E-state index contributed by atoms with van der Waals surface area (Å²) in [6.07, 6.45) is 3.78. The minimum absolute atomic E-state index is 0.175. The molecule has 0 radical (unpaired) electrons. The van der Waals surface area contributed by atoms with Crippen LogP contribution in [0.3, 0.4) is 0 Å². The first kappa shape index (κ1) is 16.0. The van der Waals surface area contributed by atoms with Gasteiger partial charge in [0.15, 0.2) is 0 Å². The van der Waals surface area contributed by atoms with Gasteiger partial charge in [0.05, 0.1) is 13.3 Å². The average Bonchev–Trinajstić information content (AvgIpc) is 2.78. The van der Waals surface area contributed by atoms with E-state index in [2.05, 4.69) is 10.3 Å². The molecular formula is C13H22N2O3S. The second-order valence-electron chi connectivity index (χ2n) is 5.05. The van der Waals surface area contributed by atoms with Crippen molar-refractivity contribution in [3.63, 3.8) is 0 Å². The number of methoxy groups -OCH3 is 1. The van der Waals surface area contributed by atoms with Gasteiger partial charge < -0.3 is 9.15 Å². The maximum Gasteiger partial charge on any atom is 0.325 e. The first-order chi connectivity index (χ1) is 8.87. The maximum absolute atomic E-state index is 12.0. The summed E-state index contributed by atoms with van der Waals surface area (Å²) in [5.74, 6) is -0.249. The molecule has 1 heterocycles. The Morgan fingerprint density at radius 2 is 2.26 bits per heavy atom. The molecule has 1 rings (SSSR count). The smallest absolute Gasteiger partial charge is 0.325 e. The summed E-state index contributed by atoms with van der Waals surface area (Å²) in [5.41, 5.74) is -0.706. The SMILES string of the molecule is COC(=O)C(C)(CC(C)Sc1ncco1)NC(C)C. The normalized spacial score (nSPS) is 16.1. The van der Waals surface area contributed by atoms with Crippen molar-refractivity contribution in [1.29, 1.82) is 0 Å². The van der Waals surface area contributed by atoms with Crippen LogP contribution in [-0.2, 0) is 9.53 Å². The lowest BCUT2D eigenvalue weighted by atomic mass is 9.95. The van der Waals surface area contributed by atoms with E-state index in [1.54, 1.807) is 12.5 Å². The van der Waals surface area contributed by atoms with Gasteiger partial charge in [-0.05, 0) is 27.2 Å². The molecular weight excluding hydrogens is 264 g/mol. The highest BCUT2D eigenvalue weighted by atomic mass is 32.2. The van der Waals surface area contributed by atoms with Gasteiger partial charge >= 0.3 is 5.97 Å². The van der Waals surface area contributed by atoms with Crippen molar-refractivity contribution in [3.8, 4) is 0 Å². The van der Waals surface area contributed by atoms with Gasteiger partial charge in [-0.1, -0.05) is 18.7 Å². The van der Waals surface area contributed by atoms with Crippen LogP contribution in [0.25, 0.3) is 0 Å². The van der Waals surface area contributed by atoms with Gasteiger partial charge in [-0.2, -0.15) is 0 Å². The number of hydrogen-bond donors (Lipinski definition) is 1. The monoisotopic (exact) mass is 286 g/mol. The number of oxazole rings is 1. The van der Waals surface area contributed by atoms with Crippen LogP contribution in [0.2, 0.25) is 0 Å². The second-order valence-corrected chi connectivity index (χ2v) is 6.44. The van der Waals surface area contributed by atoms with Crippen molar-refractivity contribution < 1.29 is 13.9 Å². The van der Waals surface area contributed by atoms with Crippen LogP contribution in [0.5, 0.6) is 0 Å². The number of aromatic nitrogens is 1. The molecule has 0 aliphatic carbocycles. The van der Waals surface area contributed by atoms with Crippen molar-refractivity contribution in [2.75, 3.05) is 7.11 Å². The zero-order chi connectivity index (χ0) is 14.5. The number of carbonyl (C=O) groups excluding carboxylic acids is 1. The fourth-order valence-corrected chi connectivity index (χ4v) is 3.11. The zero-order valence-electron chi connectivity index (χ0n) is 12.1. The molecule has 0 saturated carbocycles. The number of nitrogens with zero attached hydrogens (tertiary/aromatic N) is 1. The molecule has 0 amide bonds. The number of ether oxygens (including phenoxy) is 1. The van der Waals surface area contributed by atoms with Crippen LogP contribution in [0.1, 0.15) is 34.1 Å². The predicted molar refractivity (Wildman–Crippen MR) is 75.1 cm³/mol. The minimum Gasteiger partial charge on any atom is -0.468 e. The van der Waals surface area contributed by atoms with Crippen LogP contribution in [0.4, 0.5) is 0 Å². The van der Waals surface area contributed by atoms with Gasteiger partial charge in [-0.15, -0.1) is 0 Å². The van der Waals surface area contributed by atoms with Crippen LogP contribution >= 0.6 is 11.8 Å². The van der Waals surface area contributed by atoms with Crippen molar-refractivity contribution in [2.45, 2.75) is 56.2 Å². The highest BCUT2D eigenvalue weighted by Crippen LogP contribution is 2.28. The number of thioether (sulfide) groups is 1. The van der Waals surface area contributed by atoms with Gasteiger partial charge in [0.1, 0.15) is 11.8 Å². The Hall–Kier alpha value is -1.01. The van der Waals surface area contributed by atoms with Crippen LogP contribution in [0.15, 0.2) is 22.1 Å². The first-order valence-electron chi connectivity index (χ1n) is 6.29. The van der Waals surface area contributed by atoms with E-state index in [9.17, 15) is 4.79 Å². The standard InChI is InChI=1S/C13H22N2O3S/c1-9(2)15-13(4,11(16)17-5)8-10(3)19-12-14-6-7-18-12/h6-7,9-10,15H,8H2,1-5H3. The molecule has 1 N–H and O–H groups in total. The molecule has 1 aromatic heterocycles. The van der Waals surface area contributed by atoms with Crippen molar-refractivity contribution >= 4 is 17.7 Å². The number of esters is 1. The van der Waals surface area contributed by atoms with Gasteiger partial charge in [-0.25, -0.2) is 4.98 Å². The first-order valence-corrected chi connectivity index (χ1v) is 7.17. The molecule has 1 aromatic rings. The molecule has 0 fully saturated rings. The van der Waals surface area contributed by atoms with Crippen molar-refractivity contribution in [2.24, 2.45) is 0 Å². The molecule has 0 aliphatic heterocycles. The van der Waals surface area contributed by atoms with Gasteiger partial charge in [0.2, 0.25) is 0 Å². The zero-order valence-corrected chi connectivity index (χ0v) is 12.9. The molecule has 2 unspecified atom stereocenters. The van der Waals surface area contributed by atoms with E-state index in [0.717, 1.165) is 0 Å². The van der Waals surface area contributed by atoms with E-state index in [-0.39, 0.29) is 17.3 Å². The molecule has 0 aliphatic rings. The number of carbonyl (C=O) groups is 1. The summed E-state index contributed by atoms with van der Waals surface area (Å²) in [4.78, 5) is 16.0. The quantitative estimate of drug-likeness (QED) is 0.613. The Bertz CT molecular complexity index is 395. The summed E-state index contributed by atoms with van der Waals surface area (Å²) in [5, 5.41) is 4.07. The summed E-state index contributed by atoms with van der Waals surface area (Å²) >= 11 is 1.51. The van der Waals surface area contributed by atoms with Crippen LogP contribution in [-0.4, -0.2) is 34.9 Å². The fraction of sp³-hybridized carbons (Fsp3) is 0.692. The van der Waals surface area contributed by atoms with Gasteiger partial charge in [0.25, 0.3) is 5.22 Å². The van der Waals surface area contributed by atoms with Crippen molar-refractivity contribution in [3.05, 3.63) is 12.5 Å². The highest BCUT2D eigenvalue weighted by Gasteiger charge is 2.36. The third-order valence-corrected chi connectivity index (χ3v) is 3.62. The molecule has 0 spiro atoms. The Labute approximate surface area is 118 Å². The third kappa shape index (κ3) is 4.87. The minimum atomic E-state index is -0.706. The number of hydrogen-bond acceptors (Lipinski definition) is 6. The van der Waals surface area contributed by atoms with E-state index >= 15 is 0 Å². The summed E-state index contributed by atoms with van der Waals surface area (Å²) in [6, 6.07) is 0.197. The summed E-state index contributed by atoms with van der Waals surface area (Å²) < 4.78 is 10.1. The second kappa shape index (κ2) is 6.96. The summed E-state index contributed by atoms with van der Waals surface area (Å²) in [7, 11) is 1.41. The van der Waals surface area contributed by atoms with E-state index in [0.29, 0.717) is 11.6 Å². The number of rotatable bonds is 7. The Morgan fingerprint density at radius 1 is 1.58 bits per heavy atom. The predicted octanol–water partition coefficient (Wildman–Crippen LogP) is 2.48. The Kier molecular flexibility index (Phi) is 5.87.